The number of pyridine rings is 1. The van der Waals surface area contributed by atoms with E-state index in [1.54, 1.807) is 17.9 Å². The summed E-state index contributed by atoms with van der Waals surface area (Å²) in [5.41, 5.74) is -0.0749. The molecule has 32 heavy (non-hydrogen) atoms. The van der Waals surface area contributed by atoms with Crippen molar-refractivity contribution in [1.29, 1.82) is 0 Å². The van der Waals surface area contributed by atoms with Crippen LogP contribution in [-0.4, -0.2) is 58.6 Å². The molecule has 1 aromatic heterocycles. The monoisotopic (exact) mass is 449 g/mol. The second-order valence-corrected chi connectivity index (χ2v) is 8.42. The van der Waals surface area contributed by atoms with Crippen LogP contribution in [0.3, 0.4) is 0 Å². The maximum Gasteiger partial charge on any atom is 0.433 e. The van der Waals surface area contributed by atoms with Crippen molar-refractivity contribution in [3.8, 4) is 0 Å². The number of ether oxygens (including phenoxy) is 1. The van der Waals surface area contributed by atoms with E-state index in [4.69, 9.17) is 4.74 Å². The Morgan fingerprint density at radius 2 is 2.03 bits per heavy atom. The van der Waals surface area contributed by atoms with Crippen LogP contribution in [0.2, 0.25) is 0 Å². The highest BCUT2D eigenvalue weighted by Gasteiger charge is 2.45. The number of hydrogen-bond acceptors (Lipinski definition) is 4. The van der Waals surface area contributed by atoms with E-state index in [9.17, 15) is 18.0 Å². The van der Waals surface area contributed by atoms with Gasteiger partial charge in [-0.3, -0.25) is 4.79 Å². The predicted molar refractivity (Wildman–Crippen MR) is 117 cm³/mol. The number of hydrogen-bond donors (Lipinski definition) is 0. The lowest BCUT2D eigenvalue weighted by molar-refractivity contribution is -0.190. The lowest BCUT2D eigenvalue weighted by Gasteiger charge is -2.49. The number of alkyl halides is 3. The summed E-state index contributed by atoms with van der Waals surface area (Å²) >= 11 is 0. The number of aromatic nitrogens is 1. The van der Waals surface area contributed by atoms with Crippen molar-refractivity contribution < 1.29 is 22.7 Å². The average Bonchev–Trinajstić information content (AvgIpc) is 2.75. The fraction of sp³-hybridized carbons (Fsp3) is 0.500. The molecule has 3 heterocycles. The zero-order valence-corrected chi connectivity index (χ0v) is 18.4. The molecule has 0 aliphatic carbocycles. The van der Waals surface area contributed by atoms with Gasteiger partial charge in [-0.15, -0.1) is 0 Å². The van der Waals surface area contributed by atoms with Crippen LogP contribution < -0.4 is 0 Å². The summed E-state index contributed by atoms with van der Waals surface area (Å²) in [6.07, 6.45) is 2.79. The number of halogens is 3. The van der Waals surface area contributed by atoms with Crippen LogP contribution in [-0.2, 0) is 22.3 Å². The lowest BCUT2D eigenvalue weighted by Crippen LogP contribution is -2.61. The van der Waals surface area contributed by atoms with Gasteiger partial charge in [0.2, 0.25) is 0 Å². The molecule has 0 saturated carbocycles. The van der Waals surface area contributed by atoms with Gasteiger partial charge in [0.1, 0.15) is 11.8 Å². The van der Waals surface area contributed by atoms with E-state index >= 15 is 0 Å². The Bertz CT molecular complexity index is 873. The first-order valence-corrected chi connectivity index (χ1v) is 10.8. The molecule has 2 fully saturated rings. The van der Waals surface area contributed by atoms with E-state index in [0.717, 1.165) is 50.5 Å². The van der Waals surface area contributed by atoms with Gasteiger partial charge in [0, 0.05) is 19.6 Å². The van der Waals surface area contributed by atoms with Crippen LogP contribution in [0.1, 0.15) is 37.6 Å². The van der Waals surface area contributed by atoms with Crippen LogP contribution in [0.4, 0.5) is 13.2 Å². The standard InChI is InChI=1S/C24H30F3N3O2/c1-4-7-19(5-2)10-13-29-14-11-23(12-15-29)17-30(22(31)18(3)32-23)16-20-8-6-9-21(28-20)24(25,26)27/h4-9,18H,1-2,10-17H2,3H3/b19-7+. The molecular weight excluding hydrogens is 419 g/mol. The largest absolute Gasteiger partial charge is 0.433 e. The maximum absolute atomic E-state index is 13.0. The summed E-state index contributed by atoms with van der Waals surface area (Å²) in [7, 11) is 0. The molecule has 2 saturated heterocycles. The SMILES string of the molecule is C=C/C=C(\C=C)CCN1CCC2(CC1)CN(Cc1cccc(C(F)(F)F)n1)C(=O)C(C)O2. The number of nitrogens with zero attached hydrogens (tertiary/aromatic N) is 3. The number of piperidine rings is 1. The number of likely N-dealkylation sites (tertiary alicyclic amines) is 1. The summed E-state index contributed by atoms with van der Waals surface area (Å²) < 4.78 is 45.2. The molecule has 1 aromatic rings. The van der Waals surface area contributed by atoms with Crippen LogP contribution in [0.25, 0.3) is 0 Å². The fourth-order valence-corrected chi connectivity index (χ4v) is 4.35. The quantitative estimate of drug-likeness (QED) is 0.580. The minimum atomic E-state index is -4.52. The van der Waals surface area contributed by atoms with E-state index in [1.807, 2.05) is 12.2 Å². The molecule has 8 heteroatoms. The predicted octanol–water partition coefficient (Wildman–Crippen LogP) is 4.37. The topological polar surface area (TPSA) is 45.7 Å². The Morgan fingerprint density at radius 1 is 1.31 bits per heavy atom. The number of allylic oxidation sites excluding steroid dienone is 3. The zero-order chi connectivity index (χ0) is 23.4. The molecule has 1 spiro atoms. The van der Waals surface area contributed by atoms with Crippen molar-refractivity contribution in [2.45, 2.75) is 50.6 Å². The van der Waals surface area contributed by atoms with Gasteiger partial charge in [0.15, 0.2) is 0 Å². The number of morpholine rings is 1. The molecule has 1 atom stereocenters. The van der Waals surface area contributed by atoms with Crippen LogP contribution in [0, 0.1) is 0 Å². The highest BCUT2D eigenvalue weighted by molar-refractivity contribution is 5.81. The summed E-state index contributed by atoms with van der Waals surface area (Å²) in [6, 6.07) is 3.78. The second-order valence-electron chi connectivity index (χ2n) is 8.42. The summed E-state index contributed by atoms with van der Waals surface area (Å²) in [6.45, 7) is 12.2. The minimum Gasteiger partial charge on any atom is -0.360 e. The third-order valence-corrected chi connectivity index (χ3v) is 6.09. The van der Waals surface area contributed by atoms with Gasteiger partial charge in [-0.1, -0.05) is 37.5 Å². The molecule has 1 amide bonds. The lowest BCUT2D eigenvalue weighted by atomic mass is 9.88. The molecular formula is C24H30F3N3O2. The third kappa shape index (κ3) is 5.86. The molecule has 5 nitrogen and oxygen atoms in total. The normalized spacial score (nSPS) is 22.2. The van der Waals surface area contributed by atoms with Gasteiger partial charge in [-0.05, 0) is 43.9 Å². The van der Waals surface area contributed by atoms with Crippen LogP contribution in [0.5, 0.6) is 0 Å². The molecule has 0 N–H and O–H groups in total. The summed E-state index contributed by atoms with van der Waals surface area (Å²) in [4.78, 5) is 20.4. The van der Waals surface area contributed by atoms with Crippen molar-refractivity contribution in [3.05, 3.63) is 66.5 Å². The van der Waals surface area contributed by atoms with Gasteiger partial charge in [-0.25, -0.2) is 4.98 Å². The fourth-order valence-electron chi connectivity index (χ4n) is 4.35. The summed E-state index contributed by atoms with van der Waals surface area (Å²) in [5.74, 6) is -0.220. The second kappa shape index (κ2) is 10.0. The first kappa shape index (κ1) is 24.2. The van der Waals surface area contributed by atoms with Crippen LogP contribution >= 0.6 is 0 Å². The number of rotatable bonds is 7. The smallest absolute Gasteiger partial charge is 0.360 e. The van der Waals surface area contributed by atoms with Gasteiger partial charge in [0.05, 0.1) is 24.4 Å². The molecule has 1 unspecified atom stereocenters. The molecule has 2 aliphatic heterocycles. The number of amides is 1. The van der Waals surface area contributed by atoms with Gasteiger partial charge < -0.3 is 14.5 Å². The van der Waals surface area contributed by atoms with Gasteiger partial charge in [0.25, 0.3) is 5.91 Å². The molecule has 0 radical (unpaired) electrons. The summed E-state index contributed by atoms with van der Waals surface area (Å²) in [5, 5.41) is 0. The van der Waals surface area contributed by atoms with Gasteiger partial charge >= 0.3 is 6.18 Å². The Morgan fingerprint density at radius 3 is 2.66 bits per heavy atom. The molecule has 3 rings (SSSR count). The first-order chi connectivity index (χ1) is 15.2. The first-order valence-electron chi connectivity index (χ1n) is 10.8. The number of carbonyl (C=O) groups is 1. The van der Waals surface area contributed by atoms with Crippen molar-refractivity contribution in [2.75, 3.05) is 26.2 Å². The minimum absolute atomic E-state index is 0.0387. The van der Waals surface area contributed by atoms with Crippen molar-refractivity contribution in [1.82, 2.24) is 14.8 Å². The highest BCUT2D eigenvalue weighted by Crippen LogP contribution is 2.34. The zero-order valence-electron chi connectivity index (χ0n) is 18.4. The molecule has 2 aliphatic rings. The van der Waals surface area contributed by atoms with E-state index in [2.05, 4.69) is 23.0 Å². The van der Waals surface area contributed by atoms with E-state index in [0.29, 0.717) is 6.54 Å². The molecule has 0 aromatic carbocycles. The van der Waals surface area contributed by atoms with Gasteiger partial charge in [-0.2, -0.15) is 13.2 Å². The molecule has 174 valence electrons. The number of carbonyl (C=O) groups excluding carboxylic acids is 1. The van der Waals surface area contributed by atoms with Crippen molar-refractivity contribution in [3.63, 3.8) is 0 Å². The third-order valence-electron chi connectivity index (χ3n) is 6.09. The maximum atomic E-state index is 13.0. The average molecular weight is 450 g/mol. The van der Waals surface area contributed by atoms with E-state index < -0.39 is 23.6 Å². The van der Waals surface area contributed by atoms with Crippen LogP contribution in [0.15, 0.2) is 55.2 Å². The Labute approximate surface area is 187 Å². The Kier molecular flexibility index (Phi) is 7.56. The van der Waals surface area contributed by atoms with Crippen molar-refractivity contribution in [2.24, 2.45) is 0 Å². The Balaban J connectivity index is 1.64. The van der Waals surface area contributed by atoms with Crippen molar-refractivity contribution >= 4 is 5.91 Å². The molecule has 0 bridgehead atoms. The Hall–Kier alpha value is -2.45. The van der Waals surface area contributed by atoms with E-state index in [1.165, 1.54) is 12.1 Å². The highest BCUT2D eigenvalue weighted by atomic mass is 19.4. The van der Waals surface area contributed by atoms with E-state index in [-0.39, 0.29) is 18.1 Å².